The molecular weight excluding hydrogens is 192 g/mol. The summed E-state index contributed by atoms with van der Waals surface area (Å²) in [5, 5.41) is 0. The van der Waals surface area contributed by atoms with Crippen LogP contribution in [-0.4, -0.2) is 43.2 Å². The Hall–Kier alpha value is -0.870. The summed E-state index contributed by atoms with van der Waals surface area (Å²) in [7, 11) is 0. The van der Waals surface area contributed by atoms with Gasteiger partial charge in [0.2, 0.25) is 5.91 Å². The summed E-state index contributed by atoms with van der Waals surface area (Å²) in [4.78, 5) is 13.2. The number of nitrogens with zero attached hydrogens (tertiary/aromatic N) is 1. The highest BCUT2D eigenvalue weighted by Crippen LogP contribution is 2.38. The number of carbonyl (C=O) groups excluding carboxylic acids is 1. The van der Waals surface area contributed by atoms with Crippen molar-refractivity contribution in [1.29, 1.82) is 0 Å². The van der Waals surface area contributed by atoms with Gasteiger partial charge in [0, 0.05) is 30.1 Å². The molecule has 0 bridgehead atoms. The molecule has 1 atom stereocenters. The van der Waals surface area contributed by atoms with Crippen LogP contribution in [0.4, 0.5) is 0 Å². The molecule has 1 unspecified atom stereocenters. The molecular formula is C11H18N2O2. The minimum Gasteiger partial charge on any atom is -0.380 e. The second-order valence-corrected chi connectivity index (χ2v) is 4.85. The molecule has 2 fully saturated rings. The predicted octanol–water partition coefficient (Wildman–Crippen LogP) is 0.139. The van der Waals surface area contributed by atoms with E-state index in [1.165, 1.54) is 0 Å². The lowest BCUT2D eigenvalue weighted by atomic mass is 9.77. The lowest BCUT2D eigenvalue weighted by Crippen LogP contribution is -2.67. The van der Waals surface area contributed by atoms with Gasteiger partial charge >= 0.3 is 0 Å². The highest BCUT2D eigenvalue weighted by molar-refractivity contribution is 5.91. The number of primary amides is 1. The fourth-order valence-corrected chi connectivity index (χ4v) is 2.23. The van der Waals surface area contributed by atoms with E-state index in [1.54, 1.807) is 6.92 Å². The van der Waals surface area contributed by atoms with Gasteiger partial charge in [-0.1, -0.05) is 6.08 Å². The normalized spacial score (nSPS) is 26.9. The van der Waals surface area contributed by atoms with E-state index >= 15 is 0 Å². The quantitative estimate of drug-likeness (QED) is 0.674. The molecule has 0 aromatic carbocycles. The van der Waals surface area contributed by atoms with Gasteiger partial charge in [0.15, 0.2) is 0 Å². The summed E-state index contributed by atoms with van der Waals surface area (Å²) in [6.07, 6.45) is 1.94. The van der Waals surface area contributed by atoms with E-state index in [4.69, 9.17) is 10.5 Å². The fraction of sp³-hybridized carbons (Fsp3) is 0.727. The van der Waals surface area contributed by atoms with Crippen molar-refractivity contribution >= 4 is 5.91 Å². The first-order valence-corrected chi connectivity index (χ1v) is 5.32. The Morgan fingerprint density at radius 2 is 2.13 bits per heavy atom. The van der Waals surface area contributed by atoms with Crippen LogP contribution in [0.1, 0.15) is 13.8 Å². The second-order valence-electron chi connectivity index (χ2n) is 4.85. The van der Waals surface area contributed by atoms with Gasteiger partial charge < -0.3 is 10.5 Å². The third-order valence-corrected chi connectivity index (χ3v) is 3.35. The van der Waals surface area contributed by atoms with Gasteiger partial charge in [0.1, 0.15) is 0 Å². The molecule has 15 heavy (non-hydrogen) atoms. The molecule has 2 aliphatic heterocycles. The number of likely N-dealkylation sites (tertiary alicyclic amines) is 1. The van der Waals surface area contributed by atoms with Gasteiger partial charge in [0.25, 0.3) is 0 Å². The lowest BCUT2D eigenvalue weighted by molar-refractivity contribution is -0.193. The van der Waals surface area contributed by atoms with E-state index in [1.807, 2.05) is 6.08 Å². The first-order valence-electron chi connectivity index (χ1n) is 5.32. The van der Waals surface area contributed by atoms with E-state index in [0.29, 0.717) is 17.0 Å². The van der Waals surface area contributed by atoms with Crippen molar-refractivity contribution in [3.8, 4) is 0 Å². The molecule has 0 aliphatic carbocycles. The molecule has 0 aromatic rings. The number of hydrogen-bond acceptors (Lipinski definition) is 3. The van der Waals surface area contributed by atoms with Gasteiger partial charge in [-0.25, -0.2) is 0 Å². The Kier molecular flexibility index (Phi) is 2.56. The Balaban J connectivity index is 1.85. The van der Waals surface area contributed by atoms with Crippen molar-refractivity contribution < 1.29 is 9.53 Å². The number of carbonyl (C=O) groups is 1. The molecule has 1 amide bonds. The third-order valence-electron chi connectivity index (χ3n) is 3.35. The Morgan fingerprint density at radius 3 is 2.53 bits per heavy atom. The zero-order valence-electron chi connectivity index (χ0n) is 9.32. The summed E-state index contributed by atoms with van der Waals surface area (Å²) >= 11 is 0. The van der Waals surface area contributed by atoms with Crippen molar-refractivity contribution in [2.75, 3.05) is 26.3 Å². The smallest absolute Gasteiger partial charge is 0.244 e. The molecule has 2 aliphatic rings. The van der Waals surface area contributed by atoms with Crippen molar-refractivity contribution in [3.05, 3.63) is 11.6 Å². The largest absolute Gasteiger partial charge is 0.380 e. The van der Waals surface area contributed by atoms with Crippen LogP contribution < -0.4 is 5.73 Å². The molecule has 0 radical (unpaired) electrons. The number of rotatable bonds is 3. The summed E-state index contributed by atoms with van der Waals surface area (Å²) in [6, 6.07) is 0.295. The van der Waals surface area contributed by atoms with Crippen LogP contribution >= 0.6 is 0 Å². The van der Waals surface area contributed by atoms with Crippen LogP contribution in [-0.2, 0) is 9.53 Å². The first kappa shape index (κ1) is 10.6. The highest BCUT2D eigenvalue weighted by Gasteiger charge is 2.49. The summed E-state index contributed by atoms with van der Waals surface area (Å²) in [5.41, 5.74) is 6.27. The van der Waals surface area contributed by atoms with Crippen LogP contribution in [0.25, 0.3) is 0 Å². The Labute approximate surface area is 90.1 Å². The molecule has 2 rings (SSSR count). The highest BCUT2D eigenvalue weighted by atomic mass is 16.5. The van der Waals surface area contributed by atoms with Gasteiger partial charge in [-0.05, 0) is 13.8 Å². The molecule has 0 aromatic heterocycles. The van der Waals surface area contributed by atoms with E-state index in [2.05, 4.69) is 11.8 Å². The molecule has 1 spiro atoms. The maximum absolute atomic E-state index is 10.9. The van der Waals surface area contributed by atoms with Gasteiger partial charge in [0.05, 0.1) is 13.2 Å². The van der Waals surface area contributed by atoms with Crippen LogP contribution in [0.5, 0.6) is 0 Å². The minimum atomic E-state index is -0.330. The van der Waals surface area contributed by atoms with Crippen molar-refractivity contribution in [2.45, 2.75) is 19.9 Å². The predicted molar refractivity (Wildman–Crippen MR) is 57.2 cm³/mol. The van der Waals surface area contributed by atoms with Gasteiger partial charge in [-0.2, -0.15) is 0 Å². The third kappa shape index (κ3) is 1.92. The number of nitrogens with two attached hydrogens (primary N) is 1. The maximum atomic E-state index is 10.9. The Morgan fingerprint density at radius 1 is 1.53 bits per heavy atom. The summed E-state index contributed by atoms with van der Waals surface area (Å²) in [5.74, 6) is -0.330. The molecule has 2 heterocycles. The van der Waals surface area contributed by atoms with E-state index in [0.717, 1.165) is 26.3 Å². The molecule has 4 nitrogen and oxygen atoms in total. The van der Waals surface area contributed by atoms with Gasteiger partial charge in [-0.15, -0.1) is 0 Å². The standard InChI is InChI=1S/C11H18N2O2/c1-8(10(12)14)3-9(2)13-4-11(5-13)6-15-7-11/h3,9H,4-7H2,1-2H3,(H2,12,14)/b8-3+. The molecule has 2 N–H and O–H groups in total. The SMILES string of the molecule is C/C(=C\C(C)N1CC2(COC2)C1)C(N)=O. The molecule has 84 valence electrons. The average Bonchev–Trinajstić information content (AvgIpc) is 1.98. The Bertz CT molecular complexity index is 300. The molecule has 4 heteroatoms. The van der Waals surface area contributed by atoms with Crippen LogP contribution in [0.15, 0.2) is 11.6 Å². The van der Waals surface area contributed by atoms with Crippen LogP contribution in [0, 0.1) is 5.41 Å². The maximum Gasteiger partial charge on any atom is 0.244 e. The average molecular weight is 210 g/mol. The van der Waals surface area contributed by atoms with Gasteiger partial charge in [-0.3, -0.25) is 9.69 Å². The molecule has 2 saturated heterocycles. The zero-order valence-corrected chi connectivity index (χ0v) is 9.32. The first-order chi connectivity index (χ1) is 7.02. The summed E-state index contributed by atoms with van der Waals surface area (Å²) in [6.45, 7) is 7.82. The van der Waals surface area contributed by atoms with E-state index < -0.39 is 0 Å². The topological polar surface area (TPSA) is 55.6 Å². The minimum absolute atomic E-state index is 0.295. The van der Waals surface area contributed by atoms with E-state index in [-0.39, 0.29) is 5.91 Å². The van der Waals surface area contributed by atoms with Crippen molar-refractivity contribution in [2.24, 2.45) is 11.1 Å². The fourth-order valence-electron chi connectivity index (χ4n) is 2.23. The lowest BCUT2D eigenvalue weighted by Gasteiger charge is -2.56. The summed E-state index contributed by atoms with van der Waals surface area (Å²) < 4.78 is 5.21. The molecule has 0 saturated carbocycles. The van der Waals surface area contributed by atoms with Crippen molar-refractivity contribution in [1.82, 2.24) is 4.90 Å². The number of amides is 1. The zero-order chi connectivity index (χ0) is 11.1. The monoisotopic (exact) mass is 210 g/mol. The van der Waals surface area contributed by atoms with Crippen LogP contribution in [0.2, 0.25) is 0 Å². The second kappa shape index (κ2) is 3.61. The number of hydrogen-bond donors (Lipinski definition) is 1. The van der Waals surface area contributed by atoms with E-state index in [9.17, 15) is 4.79 Å². The van der Waals surface area contributed by atoms with Crippen LogP contribution in [0.3, 0.4) is 0 Å². The van der Waals surface area contributed by atoms with Crippen molar-refractivity contribution in [3.63, 3.8) is 0 Å². The number of ether oxygens (including phenoxy) is 1.